The fourth-order valence-corrected chi connectivity index (χ4v) is 2.17. The van der Waals surface area contributed by atoms with Crippen LogP contribution in [-0.4, -0.2) is 15.3 Å². The number of aryl methyl sites for hydroxylation is 2. The third kappa shape index (κ3) is 1.54. The van der Waals surface area contributed by atoms with Gasteiger partial charge in [0.25, 0.3) is 0 Å². The van der Waals surface area contributed by atoms with Crippen LogP contribution in [0.15, 0.2) is 30.3 Å². The largest absolute Gasteiger partial charge is 0.504 e. The van der Waals surface area contributed by atoms with Crippen LogP contribution in [0.3, 0.4) is 0 Å². The van der Waals surface area contributed by atoms with Gasteiger partial charge in [0, 0.05) is 5.56 Å². The highest BCUT2D eigenvalue weighted by atomic mass is 16.5. The van der Waals surface area contributed by atoms with Crippen LogP contribution in [0.25, 0.3) is 0 Å². The summed E-state index contributed by atoms with van der Waals surface area (Å²) in [6.45, 7) is 0. The number of fused-ring (bicyclic) bond motifs is 2. The van der Waals surface area contributed by atoms with Gasteiger partial charge in [-0.1, -0.05) is 18.2 Å². The predicted octanol–water partition coefficient (Wildman–Crippen LogP) is 2.69. The summed E-state index contributed by atoms with van der Waals surface area (Å²) in [6, 6.07) is 8.97. The summed E-state index contributed by atoms with van der Waals surface area (Å²) in [7, 11) is 0. The van der Waals surface area contributed by atoms with Gasteiger partial charge in [-0.05, 0) is 30.5 Å². The quantitative estimate of drug-likeness (QED) is 0.623. The molecule has 92 valence electrons. The maximum atomic E-state index is 9.84. The topological polar surface area (TPSA) is 69.9 Å². The molecule has 0 saturated heterocycles. The van der Waals surface area contributed by atoms with E-state index in [9.17, 15) is 15.3 Å². The molecule has 2 aromatic carbocycles. The lowest BCUT2D eigenvalue weighted by atomic mass is 10.0. The zero-order valence-electron chi connectivity index (χ0n) is 9.55. The molecule has 0 aliphatic carbocycles. The van der Waals surface area contributed by atoms with Crippen molar-refractivity contribution in [3.8, 4) is 28.7 Å². The first-order valence-electron chi connectivity index (χ1n) is 5.69. The van der Waals surface area contributed by atoms with E-state index in [0.29, 0.717) is 17.7 Å². The van der Waals surface area contributed by atoms with E-state index in [1.807, 2.05) is 24.3 Å². The monoisotopic (exact) mass is 244 g/mol. The number of hydrogen-bond acceptors (Lipinski definition) is 4. The summed E-state index contributed by atoms with van der Waals surface area (Å²) in [5, 5.41) is 28.9. The molecule has 0 unspecified atom stereocenters. The minimum absolute atomic E-state index is 0.218. The number of phenolic OH excluding ortho intramolecular Hbond substituents is 3. The summed E-state index contributed by atoms with van der Waals surface area (Å²) < 4.78 is 5.65. The lowest BCUT2D eigenvalue weighted by molar-refractivity contribution is 0.348. The number of ether oxygens (including phenoxy) is 1. The molecular weight excluding hydrogens is 232 g/mol. The highest BCUT2D eigenvalue weighted by Gasteiger charge is 2.22. The Kier molecular flexibility index (Phi) is 2.30. The first-order valence-corrected chi connectivity index (χ1v) is 5.69. The fraction of sp³-hybridized carbons (Fsp3) is 0.143. The summed E-state index contributed by atoms with van der Waals surface area (Å²) in [6.07, 6.45) is 1.39. The van der Waals surface area contributed by atoms with Crippen LogP contribution in [-0.2, 0) is 12.8 Å². The second kappa shape index (κ2) is 3.84. The van der Waals surface area contributed by atoms with Gasteiger partial charge >= 0.3 is 0 Å². The molecule has 1 heterocycles. The van der Waals surface area contributed by atoms with Crippen molar-refractivity contribution in [2.45, 2.75) is 12.8 Å². The van der Waals surface area contributed by atoms with Crippen molar-refractivity contribution in [2.75, 3.05) is 0 Å². The molecule has 4 heteroatoms. The second-order valence-electron chi connectivity index (χ2n) is 4.29. The zero-order valence-corrected chi connectivity index (χ0v) is 9.55. The van der Waals surface area contributed by atoms with Gasteiger partial charge in [0.2, 0.25) is 11.5 Å². The summed E-state index contributed by atoms with van der Waals surface area (Å²) in [5.41, 5.74) is 1.71. The Morgan fingerprint density at radius 3 is 2.44 bits per heavy atom. The molecule has 0 atom stereocenters. The lowest BCUT2D eigenvalue weighted by Crippen LogP contribution is -1.90. The van der Waals surface area contributed by atoms with Crippen molar-refractivity contribution >= 4 is 0 Å². The molecule has 0 aromatic heterocycles. The van der Waals surface area contributed by atoms with Crippen LogP contribution >= 0.6 is 0 Å². The van der Waals surface area contributed by atoms with Crippen molar-refractivity contribution in [3.05, 3.63) is 41.5 Å². The molecule has 3 N–H and O–H groups in total. The maximum absolute atomic E-state index is 9.84. The van der Waals surface area contributed by atoms with Crippen molar-refractivity contribution in [1.82, 2.24) is 0 Å². The molecule has 4 nitrogen and oxygen atoms in total. The van der Waals surface area contributed by atoms with E-state index in [1.54, 1.807) is 0 Å². The number of phenols is 3. The molecule has 2 aromatic rings. The number of aromatic hydroxyl groups is 3. The first-order chi connectivity index (χ1) is 8.66. The number of rotatable bonds is 0. The first kappa shape index (κ1) is 10.8. The van der Waals surface area contributed by atoms with Gasteiger partial charge in [-0.15, -0.1) is 0 Å². The minimum Gasteiger partial charge on any atom is -0.504 e. The predicted molar refractivity (Wildman–Crippen MR) is 65.4 cm³/mol. The molecule has 1 aliphatic heterocycles. The van der Waals surface area contributed by atoms with E-state index in [0.717, 1.165) is 12.0 Å². The summed E-state index contributed by atoms with van der Waals surface area (Å²) in [5.74, 6) is -0.414. The Balaban J connectivity index is 2.17. The Morgan fingerprint density at radius 2 is 1.61 bits per heavy atom. The van der Waals surface area contributed by atoms with Crippen LogP contribution in [0.1, 0.15) is 11.1 Å². The van der Waals surface area contributed by atoms with Crippen LogP contribution < -0.4 is 4.74 Å². The molecule has 18 heavy (non-hydrogen) atoms. The van der Waals surface area contributed by atoms with Crippen molar-refractivity contribution < 1.29 is 20.1 Å². The van der Waals surface area contributed by atoms with Crippen molar-refractivity contribution in [2.24, 2.45) is 0 Å². The van der Waals surface area contributed by atoms with E-state index >= 15 is 0 Å². The van der Waals surface area contributed by atoms with E-state index < -0.39 is 11.5 Å². The van der Waals surface area contributed by atoms with Gasteiger partial charge in [-0.3, -0.25) is 0 Å². The van der Waals surface area contributed by atoms with Gasteiger partial charge in [-0.2, -0.15) is 0 Å². The van der Waals surface area contributed by atoms with Gasteiger partial charge in [0.15, 0.2) is 11.5 Å². The molecule has 0 saturated carbocycles. The smallest absolute Gasteiger partial charge is 0.205 e. The summed E-state index contributed by atoms with van der Waals surface area (Å²) in [4.78, 5) is 0. The number of benzene rings is 2. The second-order valence-corrected chi connectivity index (χ2v) is 4.29. The summed E-state index contributed by atoms with van der Waals surface area (Å²) >= 11 is 0. The molecule has 3 rings (SSSR count). The van der Waals surface area contributed by atoms with Crippen LogP contribution in [0.2, 0.25) is 0 Å². The van der Waals surface area contributed by atoms with Gasteiger partial charge in [-0.25, -0.2) is 0 Å². The molecule has 0 bridgehead atoms. The molecule has 0 spiro atoms. The Morgan fingerprint density at radius 1 is 0.889 bits per heavy atom. The highest BCUT2D eigenvalue weighted by molar-refractivity contribution is 5.62. The van der Waals surface area contributed by atoms with Gasteiger partial charge in [0.05, 0.1) is 0 Å². The molecule has 0 fully saturated rings. The molecular formula is C14H12O4. The SMILES string of the molecule is Oc1cc2c(c(O)c1O)Oc1ccccc1CC2. The van der Waals surface area contributed by atoms with Crippen molar-refractivity contribution in [3.63, 3.8) is 0 Å². The van der Waals surface area contributed by atoms with E-state index in [2.05, 4.69) is 0 Å². The Hall–Kier alpha value is -2.36. The van der Waals surface area contributed by atoms with E-state index in [-0.39, 0.29) is 11.5 Å². The lowest BCUT2D eigenvalue weighted by Gasteiger charge is -2.12. The minimum atomic E-state index is -0.548. The van der Waals surface area contributed by atoms with Crippen LogP contribution in [0, 0.1) is 0 Å². The van der Waals surface area contributed by atoms with Crippen LogP contribution in [0.5, 0.6) is 28.7 Å². The number of hydrogen-bond donors (Lipinski definition) is 3. The Labute approximate surface area is 104 Å². The van der Waals surface area contributed by atoms with Crippen molar-refractivity contribution in [1.29, 1.82) is 0 Å². The Bertz CT molecular complexity index is 619. The number of para-hydroxylation sites is 1. The third-order valence-corrected chi connectivity index (χ3v) is 3.13. The molecule has 0 amide bonds. The maximum Gasteiger partial charge on any atom is 0.205 e. The van der Waals surface area contributed by atoms with Gasteiger partial charge in [0.1, 0.15) is 5.75 Å². The van der Waals surface area contributed by atoms with E-state index in [1.165, 1.54) is 6.07 Å². The van der Waals surface area contributed by atoms with Gasteiger partial charge < -0.3 is 20.1 Å². The van der Waals surface area contributed by atoms with E-state index in [4.69, 9.17) is 4.74 Å². The molecule has 0 radical (unpaired) electrons. The standard InChI is InChI=1S/C14H12O4/c15-10-7-9-6-5-8-3-1-2-4-11(8)18-14(9)13(17)12(10)16/h1-4,7,15-17H,5-6H2. The van der Waals surface area contributed by atoms with Crippen LogP contribution in [0.4, 0.5) is 0 Å². The zero-order chi connectivity index (χ0) is 12.7. The average Bonchev–Trinajstić information content (AvgIpc) is 2.56. The fourth-order valence-electron chi connectivity index (χ4n) is 2.17. The normalized spacial score (nSPS) is 13.1. The third-order valence-electron chi connectivity index (χ3n) is 3.13. The molecule has 1 aliphatic rings. The average molecular weight is 244 g/mol. The highest BCUT2D eigenvalue weighted by Crippen LogP contribution is 2.48.